The third kappa shape index (κ3) is 3.31. The Hall–Kier alpha value is -2.56. The van der Waals surface area contributed by atoms with Crippen molar-refractivity contribution < 1.29 is 4.79 Å². The predicted molar refractivity (Wildman–Crippen MR) is 96.7 cm³/mol. The zero-order valence-corrected chi connectivity index (χ0v) is 14.2. The van der Waals surface area contributed by atoms with Crippen LogP contribution in [0, 0.1) is 5.92 Å². The molecule has 2 aromatic rings. The number of carbonyl (C=O) groups excluding carboxylic acids is 1. The van der Waals surface area contributed by atoms with Crippen LogP contribution in [0.25, 0.3) is 0 Å². The first-order valence-electron chi connectivity index (χ1n) is 8.97. The molecule has 2 atom stereocenters. The lowest BCUT2D eigenvalue weighted by Crippen LogP contribution is -2.52. The van der Waals surface area contributed by atoms with Crippen LogP contribution < -0.4 is 10.9 Å². The Balaban J connectivity index is 1.38. The molecule has 1 saturated heterocycles. The van der Waals surface area contributed by atoms with E-state index in [-0.39, 0.29) is 17.5 Å². The minimum atomic E-state index is 0.0114. The highest BCUT2D eigenvalue weighted by Gasteiger charge is 2.36. The monoisotopic (exact) mass is 337 g/mol. The molecule has 0 radical (unpaired) electrons. The van der Waals surface area contributed by atoms with Crippen molar-refractivity contribution in [2.24, 2.45) is 5.92 Å². The van der Waals surface area contributed by atoms with Crippen LogP contribution in [0.3, 0.4) is 0 Å². The number of benzene rings is 1. The summed E-state index contributed by atoms with van der Waals surface area (Å²) in [6.07, 6.45) is 1.91. The molecule has 1 N–H and O–H groups in total. The third-order valence-electron chi connectivity index (χ3n) is 5.30. The van der Waals surface area contributed by atoms with Crippen molar-refractivity contribution in [3.63, 3.8) is 0 Å². The van der Waals surface area contributed by atoms with Crippen LogP contribution in [0.1, 0.15) is 23.6 Å². The van der Waals surface area contributed by atoms with E-state index < -0.39 is 0 Å². The number of nitrogens with zero attached hydrogens (tertiary/aromatic N) is 2. The molecule has 5 heteroatoms. The van der Waals surface area contributed by atoms with Gasteiger partial charge in [0.2, 0.25) is 0 Å². The second-order valence-electron chi connectivity index (χ2n) is 7.07. The molecule has 2 aliphatic rings. The van der Waals surface area contributed by atoms with E-state index in [1.165, 1.54) is 5.56 Å². The second-order valence-corrected chi connectivity index (χ2v) is 7.07. The maximum absolute atomic E-state index is 12.5. The SMILES string of the molecule is O=C(NCCc1ccccc1)N1C[C@H]2C[C@@H](C1)c1cccc(=O)n1C2. The number of aromatic nitrogens is 1. The van der Waals surface area contributed by atoms with Gasteiger partial charge in [0, 0.05) is 43.9 Å². The Kier molecular flexibility index (Phi) is 4.30. The largest absolute Gasteiger partial charge is 0.338 e. The highest BCUT2D eigenvalue weighted by Crippen LogP contribution is 2.34. The number of nitrogens with one attached hydrogen (secondary N) is 1. The molecule has 5 nitrogen and oxygen atoms in total. The van der Waals surface area contributed by atoms with Crippen molar-refractivity contribution in [3.8, 4) is 0 Å². The number of hydrogen-bond acceptors (Lipinski definition) is 2. The van der Waals surface area contributed by atoms with Gasteiger partial charge in [-0.15, -0.1) is 0 Å². The van der Waals surface area contributed by atoms with Gasteiger partial charge in [0.15, 0.2) is 0 Å². The summed E-state index contributed by atoms with van der Waals surface area (Å²) in [5.41, 5.74) is 2.38. The summed E-state index contributed by atoms with van der Waals surface area (Å²) in [6, 6.07) is 15.7. The lowest BCUT2D eigenvalue weighted by atomic mass is 9.83. The maximum Gasteiger partial charge on any atom is 0.317 e. The van der Waals surface area contributed by atoms with Gasteiger partial charge in [0.25, 0.3) is 5.56 Å². The molecule has 0 spiro atoms. The van der Waals surface area contributed by atoms with Crippen molar-refractivity contribution in [2.75, 3.05) is 19.6 Å². The average molecular weight is 337 g/mol. The minimum Gasteiger partial charge on any atom is -0.338 e. The summed E-state index contributed by atoms with van der Waals surface area (Å²) >= 11 is 0. The van der Waals surface area contributed by atoms with E-state index in [4.69, 9.17) is 0 Å². The zero-order chi connectivity index (χ0) is 17.2. The van der Waals surface area contributed by atoms with E-state index in [1.807, 2.05) is 39.8 Å². The molecule has 2 amide bonds. The summed E-state index contributed by atoms with van der Waals surface area (Å²) in [4.78, 5) is 26.5. The molecule has 130 valence electrons. The Bertz CT molecular complexity index is 815. The van der Waals surface area contributed by atoms with Crippen molar-refractivity contribution in [3.05, 3.63) is 70.1 Å². The molecule has 2 aliphatic heterocycles. The smallest absolute Gasteiger partial charge is 0.317 e. The first kappa shape index (κ1) is 15.9. The number of pyridine rings is 1. The van der Waals surface area contributed by atoms with Crippen molar-refractivity contribution in [2.45, 2.75) is 25.3 Å². The van der Waals surface area contributed by atoms with Crippen LogP contribution in [0.15, 0.2) is 53.3 Å². The number of hydrogen-bond donors (Lipinski definition) is 1. The molecular formula is C20H23N3O2. The standard InChI is InChI=1S/C20H23N3O2/c24-19-8-4-7-18-17-11-16(13-23(18)19)12-22(14-17)20(25)21-10-9-15-5-2-1-3-6-15/h1-8,16-17H,9-14H2,(H,21,25)/t16-,17+/m1/s1. The number of rotatable bonds is 3. The van der Waals surface area contributed by atoms with Crippen LogP contribution in [0.5, 0.6) is 0 Å². The summed E-state index contributed by atoms with van der Waals surface area (Å²) in [7, 11) is 0. The number of carbonyl (C=O) groups is 1. The molecule has 3 heterocycles. The molecule has 0 aliphatic carbocycles. The maximum atomic E-state index is 12.5. The van der Waals surface area contributed by atoms with Crippen LogP contribution in [-0.4, -0.2) is 35.1 Å². The summed E-state index contributed by atoms with van der Waals surface area (Å²) < 4.78 is 1.89. The van der Waals surface area contributed by atoms with Crippen LogP contribution in [0.4, 0.5) is 4.79 Å². The van der Waals surface area contributed by atoms with E-state index in [0.717, 1.165) is 31.6 Å². The van der Waals surface area contributed by atoms with Crippen LogP contribution in [0.2, 0.25) is 0 Å². The highest BCUT2D eigenvalue weighted by molar-refractivity contribution is 5.74. The van der Waals surface area contributed by atoms with Crippen molar-refractivity contribution >= 4 is 6.03 Å². The van der Waals surface area contributed by atoms with Gasteiger partial charge in [0.05, 0.1) is 0 Å². The number of fused-ring (bicyclic) bond motifs is 4. The third-order valence-corrected chi connectivity index (χ3v) is 5.30. The lowest BCUT2D eigenvalue weighted by Gasteiger charge is -2.42. The van der Waals surface area contributed by atoms with Gasteiger partial charge in [-0.3, -0.25) is 4.79 Å². The summed E-state index contributed by atoms with van der Waals surface area (Å²) in [5.74, 6) is 0.632. The Labute approximate surface area is 147 Å². The molecule has 2 bridgehead atoms. The van der Waals surface area contributed by atoms with Gasteiger partial charge in [0.1, 0.15) is 0 Å². The predicted octanol–water partition coefficient (Wildman–Crippen LogP) is 2.22. The van der Waals surface area contributed by atoms with Crippen molar-refractivity contribution in [1.29, 1.82) is 0 Å². The van der Waals surface area contributed by atoms with E-state index >= 15 is 0 Å². The minimum absolute atomic E-state index is 0.0114. The second kappa shape index (κ2) is 6.75. The first-order valence-corrected chi connectivity index (χ1v) is 8.97. The first-order chi connectivity index (χ1) is 12.2. The van der Waals surface area contributed by atoms with E-state index in [1.54, 1.807) is 6.07 Å². The van der Waals surface area contributed by atoms with E-state index in [0.29, 0.717) is 19.0 Å². The Morgan fingerprint density at radius 1 is 1.04 bits per heavy atom. The number of likely N-dealkylation sites (tertiary alicyclic amines) is 1. The van der Waals surface area contributed by atoms with Gasteiger partial charge >= 0.3 is 6.03 Å². The Morgan fingerprint density at radius 2 is 1.88 bits per heavy atom. The lowest BCUT2D eigenvalue weighted by molar-refractivity contribution is 0.131. The number of amides is 2. The van der Waals surface area contributed by atoms with Gasteiger partial charge in [-0.2, -0.15) is 0 Å². The molecule has 1 aromatic heterocycles. The molecular weight excluding hydrogens is 314 g/mol. The van der Waals surface area contributed by atoms with Gasteiger partial charge < -0.3 is 14.8 Å². The number of urea groups is 1. The zero-order valence-electron chi connectivity index (χ0n) is 14.2. The van der Waals surface area contributed by atoms with E-state index in [9.17, 15) is 9.59 Å². The topological polar surface area (TPSA) is 54.3 Å². The summed E-state index contributed by atoms with van der Waals surface area (Å²) in [5, 5.41) is 3.04. The normalized spacial score (nSPS) is 21.5. The fourth-order valence-electron chi connectivity index (χ4n) is 4.13. The van der Waals surface area contributed by atoms with Gasteiger partial charge in [-0.05, 0) is 30.4 Å². The summed E-state index contributed by atoms with van der Waals surface area (Å²) in [6.45, 7) is 2.79. The van der Waals surface area contributed by atoms with Crippen molar-refractivity contribution in [1.82, 2.24) is 14.8 Å². The molecule has 1 aromatic carbocycles. The molecule has 4 rings (SSSR count). The Morgan fingerprint density at radius 3 is 2.72 bits per heavy atom. The van der Waals surface area contributed by atoms with Gasteiger partial charge in [-0.25, -0.2) is 4.79 Å². The highest BCUT2D eigenvalue weighted by atomic mass is 16.2. The average Bonchev–Trinajstić information content (AvgIpc) is 2.63. The fourth-order valence-corrected chi connectivity index (χ4v) is 4.13. The number of piperidine rings is 1. The quantitative estimate of drug-likeness (QED) is 0.934. The molecule has 0 unspecified atom stereocenters. The molecule has 1 fully saturated rings. The van der Waals surface area contributed by atoms with Gasteiger partial charge in [-0.1, -0.05) is 36.4 Å². The van der Waals surface area contributed by atoms with Crippen LogP contribution in [-0.2, 0) is 13.0 Å². The molecule has 25 heavy (non-hydrogen) atoms. The van der Waals surface area contributed by atoms with E-state index in [2.05, 4.69) is 17.4 Å². The molecule has 0 saturated carbocycles. The van der Waals surface area contributed by atoms with Crippen LogP contribution >= 0.6 is 0 Å². The fraction of sp³-hybridized carbons (Fsp3) is 0.400.